The summed E-state index contributed by atoms with van der Waals surface area (Å²) < 4.78 is 0. The van der Waals surface area contributed by atoms with Gasteiger partial charge in [-0.05, 0) is 31.0 Å². The average Bonchev–Trinajstić information content (AvgIpc) is 2.70. The van der Waals surface area contributed by atoms with Crippen LogP contribution >= 0.6 is 11.8 Å². The third kappa shape index (κ3) is 5.56. The molecule has 7 nitrogen and oxygen atoms in total. The van der Waals surface area contributed by atoms with Crippen molar-refractivity contribution in [2.75, 3.05) is 5.75 Å². The van der Waals surface area contributed by atoms with E-state index in [1.54, 1.807) is 4.90 Å². The van der Waals surface area contributed by atoms with Gasteiger partial charge in [-0.25, -0.2) is 0 Å². The zero-order chi connectivity index (χ0) is 20.7. The number of thioether (sulfide) groups is 1. The standard InChI is InChI=1S/C20H23N3O4S/c1-3-14(2)22(12-15-7-5-4-6-8-15)19(24)13-28-18-10-9-16(20(21)25)11-17(18)23(26)27/h4-11,14H,3,12-13H2,1-2H3,(H2,21,25). The molecule has 2 rings (SSSR count). The minimum absolute atomic E-state index is 0.0422. The summed E-state index contributed by atoms with van der Waals surface area (Å²) in [6.07, 6.45) is 0.802. The molecule has 0 fully saturated rings. The molecule has 2 amide bonds. The summed E-state index contributed by atoms with van der Waals surface area (Å²) in [4.78, 5) is 36.9. The maximum atomic E-state index is 12.8. The van der Waals surface area contributed by atoms with Gasteiger partial charge in [-0.2, -0.15) is 0 Å². The van der Waals surface area contributed by atoms with E-state index in [9.17, 15) is 19.7 Å². The van der Waals surface area contributed by atoms with Crippen LogP contribution in [0.3, 0.4) is 0 Å². The highest BCUT2D eigenvalue weighted by atomic mass is 32.2. The largest absolute Gasteiger partial charge is 0.366 e. The smallest absolute Gasteiger partial charge is 0.283 e. The topological polar surface area (TPSA) is 107 Å². The highest BCUT2D eigenvalue weighted by Gasteiger charge is 2.22. The van der Waals surface area contributed by atoms with Crippen LogP contribution in [0.4, 0.5) is 5.69 Å². The Balaban J connectivity index is 2.15. The number of hydrogen-bond acceptors (Lipinski definition) is 5. The van der Waals surface area contributed by atoms with Gasteiger partial charge in [0.15, 0.2) is 0 Å². The van der Waals surface area contributed by atoms with E-state index in [-0.39, 0.29) is 29.0 Å². The van der Waals surface area contributed by atoms with E-state index in [2.05, 4.69) is 0 Å². The first-order valence-electron chi connectivity index (χ1n) is 8.88. The number of hydrogen-bond donors (Lipinski definition) is 1. The molecule has 2 aromatic rings. The number of nitrogens with two attached hydrogens (primary N) is 1. The van der Waals surface area contributed by atoms with Gasteiger partial charge in [0.1, 0.15) is 0 Å². The molecule has 148 valence electrons. The van der Waals surface area contributed by atoms with Crippen LogP contribution in [0.5, 0.6) is 0 Å². The SMILES string of the molecule is CCC(C)N(Cc1ccccc1)C(=O)CSc1ccc(C(N)=O)cc1[N+](=O)[O-]. The van der Waals surface area contributed by atoms with E-state index >= 15 is 0 Å². The van der Waals surface area contributed by atoms with Crippen molar-refractivity contribution in [2.45, 2.75) is 37.8 Å². The van der Waals surface area contributed by atoms with E-state index < -0.39 is 10.8 Å². The quantitative estimate of drug-likeness (QED) is 0.392. The lowest BCUT2D eigenvalue weighted by atomic mass is 10.1. The molecule has 0 saturated carbocycles. The molecule has 2 aromatic carbocycles. The number of primary amides is 1. The van der Waals surface area contributed by atoms with E-state index in [1.807, 2.05) is 44.2 Å². The highest BCUT2D eigenvalue weighted by molar-refractivity contribution is 8.00. The molecule has 0 aromatic heterocycles. The molecule has 0 bridgehead atoms. The van der Waals surface area contributed by atoms with Crippen molar-refractivity contribution < 1.29 is 14.5 Å². The lowest BCUT2D eigenvalue weighted by Crippen LogP contribution is -2.38. The van der Waals surface area contributed by atoms with Crippen molar-refractivity contribution in [3.63, 3.8) is 0 Å². The fourth-order valence-electron chi connectivity index (χ4n) is 2.65. The van der Waals surface area contributed by atoms with Crippen molar-refractivity contribution >= 4 is 29.3 Å². The van der Waals surface area contributed by atoms with Crippen molar-refractivity contribution in [2.24, 2.45) is 5.73 Å². The van der Waals surface area contributed by atoms with Crippen LogP contribution in [-0.4, -0.2) is 33.4 Å². The second-order valence-corrected chi connectivity index (χ2v) is 7.37. The fraction of sp³-hybridized carbons (Fsp3) is 0.300. The van der Waals surface area contributed by atoms with Crippen molar-refractivity contribution in [3.05, 3.63) is 69.8 Å². The van der Waals surface area contributed by atoms with Crippen LogP contribution in [0.1, 0.15) is 36.2 Å². The van der Waals surface area contributed by atoms with Crippen LogP contribution in [-0.2, 0) is 11.3 Å². The Kier molecular flexibility index (Phi) is 7.57. The minimum Gasteiger partial charge on any atom is -0.366 e. The van der Waals surface area contributed by atoms with Gasteiger partial charge < -0.3 is 10.6 Å². The molecular weight excluding hydrogens is 378 g/mol. The van der Waals surface area contributed by atoms with Crippen LogP contribution < -0.4 is 5.73 Å². The summed E-state index contributed by atoms with van der Waals surface area (Å²) in [6, 6.07) is 13.8. The molecule has 0 radical (unpaired) electrons. The number of benzene rings is 2. The average molecular weight is 401 g/mol. The Labute approximate surface area is 168 Å². The lowest BCUT2D eigenvalue weighted by molar-refractivity contribution is -0.387. The van der Waals surface area contributed by atoms with Gasteiger partial charge in [-0.1, -0.05) is 37.3 Å². The number of nitro groups is 1. The van der Waals surface area contributed by atoms with Gasteiger partial charge in [-0.15, -0.1) is 11.8 Å². The molecule has 8 heteroatoms. The number of nitrogens with zero attached hydrogens (tertiary/aromatic N) is 2. The zero-order valence-corrected chi connectivity index (χ0v) is 16.6. The van der Waals surface area contributed by atoms with Crippen LogP contribution in [0, 0.1) is 10.1 Å². The molecule has 0 aliphatic carbocycles. The summed E-state index contributed by atoms with van der Waals surface area (Å²) in [6.45, 7) is 4.48. The first-order valence-corrected chi connectivity index (χ1v) is 9.86. The molecule has 0 heterocycles. The number of nitro benzene ring substituents is 1. The second kappa shape index (κ2) is 9.89. The third-order valence-electron chi connectivity index (χ3n) is 4.43. The van der Waals surface area contributed by atoms with E-state index in [1.165, 1.54) is 12.1 Å². The Hall–Kier alpha value is -2.87. The van der Waals surface area contributed by atoms with E-state index in [0.29, 0.717) is 11.4 Å². The predicted molar refractivity (Wildman–Crippen MR) is 109 cm³/mol. The van der Waals surface area contributed by atoms with Crippen molar-refractivity contribution in [3.8, 4) is 0 Å². The Morgan fingerprint density at radius 2 is 1.89 bits per heavy atom. The van der Waals surface area contributed by atoms with Crippen molar-refractivity contribution in [1.82, 2.24) is 4.90 Å². The van der Waals surface area contributed by atoms with E-state index in [4.69, 9.17) is 5.73 Å². The summed E-state index contributed by atoms with van der Waals surface area (Å²) >= 11 is 1.09. The maximum Gasteiger partial charge on any atom is 0.283 e. The number of carbonyl (C=O) groups excluding carboxylic acids is 2. The zero-order valence-electron chi connectivity index (χ0n) is 15.8. The number of carbonyl (C=O) groups is 2. The molecule has 0 aliphatic rings. The minimum atomic E-state index is -0.735. The first-order chi connectivity index (χ1) is 13.3. The lowest BCUT2D eigenvalue weighted by Gasteiger charge is -2.28. The van der Waals surface area contributed by atoms with Gasteiger partial charge in [0, 0.05) is 24.2 Å². The Bertz CT molecular complexity index is 858. The molecule has 2 N–H and O–H groups in total. The van der Waals surface area contributed by atoms with Gasteiger partial charge >= 0.3 is 0 Å². The highest BCUT2D eigenvalue weighted by Crippen LogP contribution is 2.30. The summed E-state index contributed by atoms with van der Waals surface area (Å²) in [5.41, 5.74) is 6.05. The van der Waals surface area contributed by atoms with Gasteiger partial charge in [0.25, 0.3) is 5.69 Å². The van der Waals surface area contributed by atoms with Crippen LogP contribution in [0.2, 0.25) is 0 Å². The maximum absolute atomic E-state index is 12.8. The monoisotopic (exact) mass is 401 g/mol. The summed E-state index contributed by atoms with van der Waals surface area (Å²) in [5.74, 6) is -0.772. The predicted octanol–water partition coefficient (Wildman–Crippen LogP) is 3.61. The molecular formula is C20H23N3O4S. The molecule has 1 atom stereocenters. The Morgan fingerprint density at radius 3 is 2.46 bits per heavy atom. The Morgan fingerprint density at radius 1 is 1.21 bits per heavy atom. The molecule has 0 spiro atoms. The van der Waals surface area contributed by atoms with Crippen LogP contribution in [0.25, 0.3) is 0 Å². The summed E-state index contributed by atoms with van der Waals surface area (Å²) in [7, 11) is 0. The number of rotatable bonds is 9. The molecule has 28 heavy (non-hydrogen) atoms. The molecule has 1 unspecified atom stereocenters. The molecule has 0 saturated heterocycles. The summed E-state index contributed by atoms with van der Waals surface area (Å²) in [5, 5.41) is 11.3. The number of amides is 2. The first kappa shape index (κ1) is 21.4. The second-order valence-electron chi connectivity index (χ2n) is 6.36. The van der Waals surface area contributed by atoms with E-state index in [0.717, 1.165) is 29.8 Å². The normalized spacial score (nSPS) is 11.6. The van der Waals surface area contributed by atoms with Gasteiger partial charge in [0.2, 0.25) is 11.8 Å². The third-order valence-corrected chi connectivity index (χ3v) is 5.48. The van der Waals surface area contributed by atoms with Crippen molar-refractivity contribution in [1.29, 1.82) is 0 Å². The van der Waals surface area contributed by atoms with Crippen LogP contribution in [0.15, 0.2) is 53.4 Å². The molecule has 0 aliphatic heterocycles. The van der Waals surface area contributed by atoms with Gasteiger partial charge in [0.05, 0.1) is 15.6 Å². The van der Waals surface area contributed by atoms with Gasteiger partial charge in [-0.3, -0.25) is 19.7 Å². The fourth-order valence-corrected chi connectivity index (χ4v) is 3.54.